The lowest BCUT2D eigenvalue weighted by atomic mass is 9.61. The third-order valence-electron chi connectivity index (χ3n) is 7.03. The van der Waals surface area contributed by atoms with E-state index in [0.717, 1.165) is 16.7 Å². The number of aliphatic hydroxyl groups is 1. The average molecular weight is 501 g/mol. The quantitative estimate of drug-likeness (QED) is 0.219. The summed E-state index contributed by atoms with van der Waals surface area (Å²) in [6.45, 7) is -0.0635. The monoisotopic (exact) mass is 500 g/mol. The van der Waals surface area contributed by atoms with Gasteiger partial charge in [0.1, 0.15) is 12.7 Å². The topological polar surface area (TPSA) is 103 Å². The number of H-pyrrole nitrogens is 1. The summed E-state index contributed by atoms with van der Waals surface area (Å²) >= 11 is 0. The van der Waals surface area contributed by atoms with E-state index in [2.05, 4.69) is 4.98 Å². The number of aromatic amines is 1. The van der Waals surface area contributed by atoms with Crippen LogP contribution in [0.5, 0.6) is 0 Å². The maximum absolute atomic E-state index is 13.5. The van der Waals surface area contributed by atoms with Gasteiger partial charge in [-0.3, -0.25) is 14.3 Å². The number of ether oxygens (including phenoxy) is 1. The molecule has 8 heteroatoms. The fourth-order valence-corrected chi connectivity index (χ4v) is 5.59. The minimum Gasteiger partial charge on any atom is -0.390 e. The van der Waals surface area contributed by atoms with Gasteiger partial charge in [-0.2, -0.15) is 0 Å². The number of rotatable bonds is 8. The van der Waals surface area contributed by atoms with Gasteiger partial charge in [0.15, 0.2) is 5.72 Å². The van der Waals surface area contributed by atoms with Gasteiger partial charge >= 0.3 is 5.69 Å². The van der Waals surface area contributed by atoms with Gasteiger partial charge in [-0.15, -0.1) is 0 Å². The maximum atomic E-state index is 13.5. The Hall–Kier alpha value is -3.82. The first-order chi connectivity index (χ1) is 18.0. The molecule has 5 rings (SSSR count). The number of aromatic nitrogens is 2. The molecule has 0 amide bonds. The number of benzene rings is 3. The summed E-state index contributed by atoms with van der Waals surface area (Å²) < 4.78 is 8.17. The summed E-state index contributed by atoms with van der Waals surface area (Å²) in [5.41, 5.74) is -1.32. The Balaban J connectivity index is 1.94. The van der Waals surface area contributed by atoms with Gasteiger partial charge in [0.05, 0.1) is 18.6 Å². The number of aliphatic hydroxyl groups excluding tert-OH is 1. The summed E-state index contributed by atoms with van der Waals surface area (Å²) in [6, 6.07) is 30.5. The second kappa shape index (κ2) is 10.3. The molecule has 1 fully saturated rings. The molecular formula is C29H28N2O6. The van der Waals surface area contributed by atoms with Crippen molar-refractivity contribution in [2.75, 3.05) is 13.7 Å². The van der Waals surface area contributed by atoms with Crippen LogP contribution in [0.2, 0.25) is 0 Å². The molecule has 3 aromatic carbocycles. The van der Waals surface area contributed by atoms with Crippen LogP contribution < -0.4 is 11.2 Å². The highest BCUT2D eigenvalue weighted by atomic mass is 17.2. The van der Waals surface area contributed by atoms with Crippen LogP contribution in [-0.4, -0.2) is 40.6 Å². The number of nitrogens with one attached hydrogen (secondary N) is 1. The molecule has 0 saturated carbocycles. The first-order valence-electron chi connectivity index (χ1n) is 12.0. The Bertz CT molecular complexity index is 1340. The van der Waals surface area contributed by atoms with Gasteiger partial charge in [-0.1, -0.05) is 91.0 Å². The Kier molecular flexibility index (Phi) is 6.90. The molecule has 0 aliphatic carbocycles. The van der Waals surface area contributed by atoms with Crippen LogP contribution in [0.25, 0.3) is 0 Å². The Morgan fingerprint density at radius 3 is 1.89 bits per heavy atom. The molecule has 0 unspecified atom stereocenters. The first kappa shape index (κ1) is 24.9. The molecule has 2 N–H and O–H groups in total. The smallest absolute Gasteiger partial charge is 0.330 e. The van der Waals surface area contributed by atoms with Crippen molar-refractivity contribution in [1.29, 1.82) is 0 Å². The van der Waals surface area contributed by atoms with Crippen LogP contribution in [0.3, 0.4) is 0 Å². The van der Waals surface area contributed by atoms with Gasteiger partial charge < -0.3 is 9.84 Å². The molecule has 0 radical (unpaired) electrons. The normalized spacial score (nSPS) is 21.7. The largest absolute Gasteiger partial charge is 0.390 e. The van der Waals surface area contributed by atoms with E-state index in [9.17, 15) is 14.7 Å². The van der Waals surface area contributed by atoms with Crippen molar-refractivity contribution in [3.63, 3.8) is 0 Å². The molecule has 1 aromatic heterocycles. The van der Waals surface area contributed by atoms with E-state index >= 15 is 0 Å². The van der Waals surface area contributed by atoms with E-state index in [1.54, 1.807) is 0 Å². The van der Waals surface area contributed by atoms with Crippen LogP contribution >= 0.6 is 0 Å². The van der Waals surface area contributed by atoms with Crippen LogP contribution in [0.1, 0.15) is 23.1 Å². The lowest BCUT2D eigenvalue weighted by Gasteiger charge is -2.50. The third-order valence-corrected chi connectivity index (χ3v) is 7.03. The number of hydrogen-bond donors (Lipinski definition) is 2. The Labute approximate surface area is 213 Å². The van der Waals surface area contributed by atoms with Crippen molar-refractivity contribution in [3.05, 3.63) is 141 Å². The minimum atomic E-state index is -1.51. The van der Waals surface area contributed by atoms with Crippen molar-refractivity contribution >= 4 is 0 Å². The van der Waals surface area contributed by atoms with Crippen molar-refractivity contribution in [1.82, 2.24) is 9.55 Å². The van der Waals surface area contributed by atoms with Crippen LogP contribution in [-0.2, 0) is 25.7 Å². The Morgan fingerprint density at radius 1 is 0.919 bits per heavy atom. The highest BCUT2D eigenvalue weighted by Gasteiger charge is 2.63. The zero-order valence-corrected chi connectivity index (χ0v) is 20.3. The molecule has 1 aliphatic rings. The molecule has 1 aliphatic heterocycles. The third kappa shape index (κ3) is 4.14. The zero-order valence-electron chi connectivity index (χ0n) is 20.3. The van der Waals surface area contributed by atoms with Gasteiger partial charge in [0.25, 0.3) is 5.56 Å². The molecule has 3 atom stereocenters. The molecule has 8 nitrogen and oxygen atoms in total. The summed E-state index contributed by atoms with van der Waals surface area (Å²) in [7, 11) is 1.38. The minimum absolute atomic E-state index is 0.0232. The summed E-state index contributed by atoms with van der Waals surface area (Å²) in [5.74, 6) is 0. The fraction of sp³-hybridized carbons (Fsp3) is 0.241. The number of nitrogens with zero attached hydrogens (tertiary/aromatic N) is 1. The summed E-state index contributed by atoms with van der Waals surface area (Å²) in [5, 5.41) is 11.3. The molecule has 0 bridgehead atoms. The fourth-order valence-electron chi connectivity index (χ4n) is 5.59. The standard InChI is InChI=1S/C29H28N2O6/c1-35-36-20-25-24(32)19-28(37-25,31-18-17-26(33)30-27(31)34)29(21-11-5-2-6-12-21,22-13-7-3-8-14-22)23-15-9-4-10-16-23/h2-18,24-25,32H,19-20H2,1H3,(H,30,33,34)/t24-,25-,28-/m1/s1. The van der Waals surface area contributed by atoms with E-state index in [-0.39, 0.29) is 13.0 Å². The lowest BCUT2D eigenvalue weighted by molar-refractivity contribution is -0.295. The van der Waals surface area contributed by atoms with Gasteiger partial charge in [0, 0.05) is 18.7 Å². The Morgan fingerprint density at radius 2 is 1.43 bits per heavy atom. The molecule has 0 spiro atoms. The SMILES string of the molecule is COOC[C@H]1O[C@@](n2ccc(=O)[nH]c2=O)(C(c2ccccc2)(c2ccccc2)c2ccccc2)C[C@H]1O. The maximum Gasteiger partial charge on any atom is 0.330 e. The highest BCUT2D eigenvalue weighted by molar-refractivity contribution is 5.53. The van der Waals surface area contributed by atoms with Crippen molar-refractivity contribution in [3.8, 4) is 0 Å². The van der Waals surface area contributed by atoms with E-state index in [1.807, 2.05) is 91.0 Å². The zero-order chi connectivity index (χ0) is 25.9. The van der Waals surface area contributed by atoms with Crippen LogP contribution in [0.15, 0.2) is 113 Å². The predicted octanol–water partition coefficient (Wildman–Crippen LogP) is 2.95. The van der Waals surface area contributed by atoms with Gasteiger partial charge in [-0.25, -0.2) is 14.6 Å². The molecule has 1 saturated heterocycles. The molecule has 190 valence electrons. The summed E-state index contributed by atoms with van der Waals surface area (Å²) in [6.07, 6.45) is -0.384. The van der Waals surface area contributed by atoms with Crippen molar-refractivity contribution < 1.29 is 19.6 Å². The lowest BCUT2D eigenvalue weighted by Crippen LogP contribution is -2.59. The van der Waals surface area contributed by atoms with Crippen molar-refractivity contribution in [2.24, 2.45) is 0 Å². The van der Waals surface area contributed by atoms with Crippen LogP contribution in [0.4, 0.5) is 0 Å². The molecule has 2 heterocycles. The second-order valence-corrected chi connectivity index (χ2v) is 8.99. The highest BCUT2D eigenvalue weighted by Crippen LogP contribution is 2.56. The average Bonchev–Trinajstić information content (AvgIpc) is 3.26. The predicted molar refractivity (Wildman–Crippen MR) is 137 cm³/mol. The van der Waals surface area contributed by atoms with Gasteiger partial charge in [0.2, 0.25) is 0 Å². The van der Waals surface area contributed by atoms with E-state index in [1.165, 1.54) is 23.9 Å². The van der Waals surface area contributed by atoms with Gasteiger partial charge in [-0.05, 0) is 16.7 Å². The van der Waals surface area contributed by atoms with Crippen molar-refractivity contribution in [2.45, 2.75) is 29.8 Å². The van der Waals surface area contributed by atoms with E-state index in [4.69, 9.17) is 14.5 Å². The molecule has 4 aromatic rings. The second-order valence-electron chi connectivity index (χ2n) is 8.99. The van der Waals surface area contributed by atoms with E-state index < -0.39 is 34.6 Å². The first-order valence-corrected chi connectivity index (χ1v) is 12.0. The number of hydrogen-bond acceptors (Lipinski definition) is 6. The molecule has 37 heavy (non-hydrogen) atoms. The van der Waals surface area contributed by atoms with Crippen LogP contribution in [0, 0.1) is 0 Å². The molecular weight excluding hydrogens is 472 g/mol. The summed E-state index contributed by atoms with van der Waals surface area (Å²) in [4.78, 5) is 37.9. The van der Waals surface area contributed by atoms with E-state index in [0.29, 0.717) is 0 Å².